The van der Waals surface area contributed by atoms with Gasteiger partial charge in [0.2, 0.25) is 0 Å². The van der Waals surface area contributed by atoms with Crippen LogP contribution in [0.5, 0.6) is 0 Å². The number of carbonyl (C=O) groups excluding carboxylic acids is 1. The van der Waals surface area contributed by atoms with Crippen LogP contribution in [0.3, 0.4) is 0 Å². The summed E-state index contributed by atoms with van der Waals surface area (Å²) in [5.41, 5.74) is 0.800. The molecule has 5 heteroatoms. The minimum absolute atomic E-state index is 0. The fourth-order valence-corrected chi connectivity index (χ4v) is 2.39. The largest absolute Gasteiger partial charge is 0.444 e. The highest BCUT2D eigenvalue weighted by Crippen LogP contribution is 2.16. The first-order chi connectivity index (χ1) is 9.46. The molecule has 2 rings (SSSR count). The standard InChI is InChI=1S/C16H24N2O2.ClH/c1-16(2,3)20-15(19)18-10-9-17-12-14(18)11-13-7-5-4-6-8-13;/h4-8,14,17H,9-12H2,1-3H3;1H/t14-;/m0./s1. The zero-order valence-corrected chi connectivity index (χ0v) is 13.8. The average Bonchev–Trinajstić information content (AvgIpc) is 2.38. The van der Waals surface area contributed by atoms with E-state index in [0.717, 1.165) is 19.5 Å². The van der Waals surface area contributed by atoms with Crippen LogP contribution in [-0.2, 0) is 11.2 Å². The molecule has 1 N–H and O–H groups in total. The summed E-state index contributed by atoms with van der Waals surface area (Å²) >= 11 is 0. The Hall–Kier alpha value is -1.26. The maximum Gasteiger partial charge on any atom is 0.410 e. The zero-order chi connectivity index (χ0) is 14.6. The van der Waals surface area contributed by atoms with E-state index in [1.165, 1.54) is 5.56 Å². The lowest BCUT2D eigenvalue weighted by atomic mass is 10.0. The summed E-state index contributed by atoms with van der Waals surface area (Å²) in [7, 11) is 0. The first-order valence-electron chi connectivity index (χ1n) is 7.20. The fraction of sp³-hybridized carbons (Fsp3) is 0.562. The minimum Gasteiger partial charge on any atom is -0.444 e. The maximum atomic E-state index is 12.3. The molecule has 1 saturated heterocycles. The average molecular weight is 313 g/mol. The van der Waals surface area contributed by atoms with Gasteiger partial charge in [0.05, 0.1) is 6.04 Å². The van der Waals surface area contributed by atoms with Crippen molar-refractivity contribution < 1.29 is 9.53 Å². The second kappa shape index (κ2) is 7.66. The number of nitrogens with zero attached hydrogens (tertiary/aromatic N) is 1. The highest BCUT2D eigenvalue weighted by Gasteiger charge is 2.30. The Labute approximate surface area is 133 Å². The fourth-order valence-electron chi connectivity index (χ4n) is 2.39. The van der Waals surface area contributed by atoms with E-state index in [2.05, 4.69) is 17.4 Å². The van der Waals surface area contributed by atoms with E-state index >= 15 is 0 Å². The molecule has 1 heterocycles. The molecule has 1 aromatic rings. The van der Waals surface area contributed by atoms with Crippen molar-refractivity contribution in [2.75, 3.05) is 19.6 Å². The Morgan fingerprint density at radius 3 is 2.62 bits per heavy atom. The van der Waals surface area contributed by atoms with Crippen LogP contribution in [0, 0.1) is 0 Å². The number of hydrogen-bond donors (Lipinski definition) is 1. The third-order valence-corrected chi connectivity index (χ3v) is 3.29. The molecule has 1 aromatic carbocycles. The Kier molecular flexibility index (Phi) is 6.49. The molecule has 1 atom stereocenters. The van der Waals surface area contributed by atoms with Gasteiger partial charge in [-0.3, -0.25) is 0 Å². The number of rotatable bonds is 2. The number of amides is 1. The van der Waals surface area contributed by atoms with Gasteiger partial charge in [-0.05, 0) is 32.8 Å². The molecule has 0 unspecified atom stereocenters. The highest BCUT2D eigenvalue weighted by atomic mass is 35.5. The van der Waals surface area contributed by atoms with Gasteiger partial charge < -0.3 is 15.0 Å². The van der Waals surface area contributed by atoms with E-state index in [1.807, 2.05) is 43.9 Å². The number of piperazine rings is 1. The van der Waals surface area contributed by atoms with Crippen LogP contribution in [0.1, 0.15) is 26.3 Å². The van der Waals surface area contributed by atoms with Gasteiger partial charge in [0.25, 0.3) is 0 Å². The first kappa shape index (κ1) is 17.8. The van der Waals surface area contributed by atoms with E-state index in [9.17, 15) is 4.79 Å². The van der Waals surface area contributed by atoms with Gasteiger partial charge in [0.15, 0.2) is 0 Å². The molecule has 21 heavy (non-hydrogen) atoms. The minimum atomic E-state index is -0.445. The van der Waals surface area contributed by atoms with Crippen LogP contribution in [0.2, 0.25) is 0 Å². The number of benzene rings is 1. The van der Waals surface area contributed by atoms with E-state index < -0.39 is 5.60 Å². The second-order valence-corrected chi connectivity index (χ2v) is 6.22. The van der Waals surface area contributed by atoms with Crippen molar-refractivity contribution in [3.05, 3.63) is 35.9 Å². The molecular formula is C16H25ClN2O2. The maximum absolute atomic E-state index is 12.3. The lowest BCUT2D eigenvalue weighted by Gasteiger charge is -2.37. The van der Waals surface area contributed by atoms with Crippen LogP contribution < -0.4 is 5.32 Å². The molecule has 0 spiro atoms. The van der Waals surface area contributed by atoms with Crippen molar-refractivity contribution in [1.29, 1.82) is 0 Å². The number of ether oxygens (including phenoxy) is 1. The third kappa shape index (κ3) is 5.56. The molecule has 1 aliphatic heterocycles. The lowest BCUT2D eigenvalue weighted by molar-refractivity contribution is 0.0122. The molecule has 1 fully saturated rings. The quantitative estimate of drug-likeness (QED) is 0.913. The van der Waals surface area contributed by atoms with Crippen LogP contribution in [0.15, 0.2) is 30.3 Å². The van der Waals surface area contributed by atoms with E-state index in [-0.39, 0.29) is 24.5 Å². The van der Waals surface area contributed by atoms with E-state index in [4.69, 9.17) is 4.74 Å². The SMILES string of the molecule is CC(C)(C)OC(=O)N1CCNC[C@@H]1Cc1ccccc1.Cl. The topological polar surface area (TPSA) is 41.6 Å². The van der Waals surface area contributed by atoms with Crippen molar-refractivity contribution in [3.63, 3.8) is 0 Å². The zero-order valence-electron chi connectivity index (χ0n) is 13.0. The summed E-state index contributed by atoms with van der Waals surface area (Å²) in [6.45, 7) is 8.04. The number of halogens is 1. The summed E-state index contributed by atoms with van der Waals surface area (Å²) in [6, 6.07) is 10.4. The van der Waals surface area contributed by atoms with Gasteiger partial charge in [-0.25, -0.2) is 4.79 Å². The molecule has 1 aliphatic rings. The van der Waals surface area contributed by atoms with Gasteiger partial charge in [0.1, 0.15) is 5.60 Å². The number of nitrogens with one attached hydrogen (secondary N) is 1. The van der Waals surface area contributed by atoms with Crippen molar-refractivity contribution in [2.24, 2.45) is 0 Å². The van der Waals surface area contributed by atoms with E-state index in [0.29, 0.717) is 6.54 Å². The van der Waals surface area contributed by atoms with E-state index in [1.54, 1.807) is 0 Å². The summed E-state index contributed by atoms with van der Waals surface area (Å²) in [6.07, 6.45) is 0.646. The van der Waals surface area contributed by atoms with Crippen LogP contribution >= 0.6 is 12.4 Å². The Morgan fingerprint density at radius 1 is 1.33 bits per heavy atom. The predicted molar refractivity (Wildman–Crippen MR) is 87.0 cm³/mol. The first-order valence-corrected chi connectivity index (χ1v) is 7.20. The second-order valence-electron chi connectivity index (χ2n) is 6.22. The van der Waals surface area contributed by atoms with Crippen molar-refractivity contribution in [1.82, 2.24) is 10.2 Å². The Balaban J connectivity index is 0.00000220. The molecule has 0 saturated carbocycles. The lowest BCUT2D eigenvalue weighted by Crippen LogP contribution is -2.55. The molecule has 0 radical (unpaired) electrons. The van der Waals surface area contributed by atoms with Gasteiger partial charge in [0, 0.05) is 19.6 Å². The van der Waals surface area contributed by atoms with Crippen LogP contribution in [0.25, 0.3) is 0 Å². The molecule has 1 amide bonds. The molecule has 118 valence electrons. The Bertz CT molecular complexity index is 445. The third-order valence-electron chi connectivity index (χ3n) is 3.29. The van der Waals surface area contributed by atoms with Gasteiger partial charge >= 0.3 is 6.09 Å². The molecule has 0 bridgehead atoms. The molecular weight excluding hydrogens is 288 g/mol. The molecule has 0 aromatic heterocycles. The molecule has 0 aliphatic carbocycles. The predicted octanol–water partition coefficient (Wildman–Crippen LogP) is 2.86. The van der Waals surface area contributed by atoms with Gasteiger partial charge in [-0.2, -0.15) is 0 Å². The summed E-state index contributed by atoms with van der Waals surface area (Å²) in [4.78, 5) is 14.1. The monoisotopic (exact) mass is 312 g/mol. The van der Waals surface area contributed by atoms with Crippen molar-refractivity contribution in [2.45, 2.75) is 38.8 Å². The smallest absolute Gasteiger partial charge is 0.410 e. The van der Waals surface area contributed by atoms with Gasteiger partial charge in [-0.1, -0.05) is 30.3 Å². The summed E-state index contributed by atoms with van der Waals surface area (Å²) in [5.74, 6) is 0. The van der Waals surface area contributed by atoms with Crippen molar-refractivity contribution in [3.8, 4) is 0 Å². The van der Waals surface area contributed by atoms with Gasteiger partial charge in [-0.15, -0.1) is 12.4 Å². The van der Waals surface area contributed by atoms with Crippen LogP contribution in [-0.4, -0.2) is 42.3 Å². The highest BCUT2D eigenvalue weighted by molar-refractivity contribution is 5.85. The normalized spacial score (nSPS) is 18.8. The van der Waals surface area contributed by atoms with Crippen LogP contribution in [0.4, 0.5) is 4.79 Å². The summed E-state index contributed by atoms with van der Waals surface area (Å²) < 4.78 is 5.50. The summed E-state index contributed by atoms with van der Waals surface area (Å²) in [5, 5.41) is 3.35. The number of hydrogen-bond acceptors (Lipinski definition) is 3. The molecule has 4 nitrogen and oxygen atoms in total. The number of carbonyl (C=O) groups is 1. The Morgan fingerprint density at radius 2 is 2.00 bits per heavy atom. The van der Waals surface area contributed by atoms with Crippen molar-refractivity contribution >= 4 is 18.5 Å².